The smallest absolute Gasteiger partial charge is 0.310 e. The highest BCUT2D eigenvalue weighted by Gasteiger charge is 2.36. The van der Waals surface area contributed by atoms with Gasteiger partial charge in [0.25, 0.3) is 0 Å². The minimum absolute atomic E-state index is 0.183. The highest BCUT2D eigenvalue weighted by molar-refractivity contribution is 5.73. The van der Waals surface area contributed by atoms with Gasteiger partial charge in [-0.05, 0) is 55.7 Å². The summed E-state index contributed by atoms with van der Waals surface area (Å²) in [5, 5.41) is 0. The molecule has 0 heterocycles. The zero-order chi connectivity index (χ0) is 18.1. The van der Waals surface area contributed by atoms with Crippen molar-refractivity contribution in [3.63, 3.8) is 0 Å². The molecule has 0 bridgehead atoms. The Morgan fingerprint density at radius 2 is 1.92 bits per heavy atom. The quantitative estimate of drug-likeness (QED) is 0.422. The van der Waals surface area contributed by atoms with Gasteiger partial charge in [-0.2, -0.15) is 0 Å². The van der Waals surface area contributed by atoms with Gasteiger partial charge in [0, 0.05) is 0 Å². The third-order valence-corrected chi connectivity index (χ3v) is 5.44. The van der Waals surface area contributed by atoms with Crippen LogP contribution in [0.1, 0.15) is 63.0 Å². The number of hydrogen-bond acceptors (Lipinski definition) is 4. The Balaban J connectivity index is 1.92. The molecule has 0 unspecified atom stereocenters. The number of rotatable bonds is 9. The number of benzene rings is 1. The summed E-state index contributed by atoms with van der Waals surface area (Å²) in [6.07, 6.45) is 8.24. The van der Waals surface area contributed by atoms with Crippen LogP contribution in [0.25, 0.3) is 0 Å². The second-order valence-electron chi connectivity index (χ2n) is 7.25. The lowest BCUT2D eigenvalue weighted by Gasteiger charge is -2.36. The fraction of sp³-hybridized carbons (Fsp3) is 0.619. The summed E-state index contributed by atoms with van der Waals surface area (Å²) in [5.74, 6) is 0.354. The van der Waals surface area contributed by atoms with E-state index >= 15 is 0 Å². The molecule has 2 N–H and O–H groups in total. The molecule has 4 heteroatoms. The average Bonchev–Trinajstić information content (AvgIpc) is 2.66. The van der Waals surface area contributed by atoms with E-state index in [-0.39, 0.29) is 17.8 Å². The summed E-state index contributed by atoms with van der Waals surface area (Å²) in [7, 11) is 0. The largest absolute Gasteiger partial charge is 0.465 e. The van der Waals surface area contributed by atoms with Crippen LogP contribution in [0.3, 0.4) is 0 Å². The van der Waals surface area contributed by atoms with E-state index in [4.69, 9.17) is 10.5 Å². The first-order chi connectivity index (χ1) is 12.1. The molecular formula is C21H31NO3. The SMILES string of the molecule is CCCCCOC(=O)Cc1ccc(C2(C=O)CCC(CN)CC2)cc1. The van der Waals surface area contributed by atoms with Crippen molar-refractivity contribution in [1.29, 1.82) is 0 Å². The zero-order valence-corrected chi connectivity index (χ0v) is 15.3. The van der Waals surface area contributed by atoms with Crippen LogP contribution in [0.2, 0.25) is 0 Å². The molecule has 1 aromatic rings. The van der Waals surface area contributed by atoms with E-state index in [1.807, 2.05) is 24.3 Å². The van der Waals surface area contributed by atoms with Crippen LogP contribution in [0, 0.1) is 5.92 Å². The first-order valence-corrected chi connectivity index (χ1v) is 9.55. The molecule has 25 heavy (non-hydrogen) atoms. The monoisotopic (exact) mass is 345 g/mol. The van der Waals surface area contributed by atoms with Crippen molar-refractivity contribution in [1.82, 2.24) is 0 Å². The van der Waals surface area contributed by atoms with E-state index in [1.54, 1.807) is 0 Å². The molecule has 1 aliphatic carbocycles. The van der Waals surface area contributed by atoms with Gasteiger partial charge in [-0.3, -0.25) is 4.79 Å². The van der Waals surface area contributed by atoms with Crippen molar-refractivity contribution in [3.05, 3.63) is 35.4 Å². The standard InChI is InChI=1S/C21H31NO3/c1-2-3-4-13-25-20(24)14-17-5-7-19(8-6-17)21(16-23)11-9-18(15-22)10-12-21/h5-8,16,18H,2-4,9-15,22H2,1H3. The van der Waals surface area contributed by atoms with Crippen LogP contribution in [-0.2, 0) is 26.2 Å². The number of aldehydes is 1. The van der Waals surface area contributed by atoms with E-state index < -0.39 is 0 Å². The van der Waals surface area contributed by atoms with Gasteiger partial charge in [0.05, 0.1) is 18.4 Å². The first kappa shape index (κ1) is 19.6. The van der Waals surface area contributed by atoms with Crippen molar-refractivity contribution in [3.8, 4) is 0 Å². The number of carbonyl (C=O) groups is 2. The number of nitrogens with two attached hydrogens (primary N) is 1. The number of hydrogen-bond donors (Lipinski definition) is 1. The Labute approximate surface area is 151 Å². The summed E-state index contributed by atoms with van der Waals surface area (Å²) in [5.41, 5.74) is 7.36. The fourth-order valence-corrected chi connectivity index (χ4v) is 3.61. The lowest BCUT2D eigenvalue weighted by molar-refractivity contribution is -0.142. The molecule has 0 amide bonds. The molecule has 0 aromatic heterocycles. The molecule has 4 nitrogen and oxygen atoms in total. The second-order valence-corrected chi connectivity index (χ2v) is 7.25. The number of carbonyl (C=O) groups excluding carboxylic acids is 2. The van der Waals surface area contributed by atoms with Gasteiger partial charge >= 0.3 is 5.97 Å². The molecular weight excluding hydrogens is 314 g/mol. The van der Waals surface area contributed by atoms with Gasteiger partial charge < -0.3 is 15.3 Å². The lowest BCUT2D eigenvalue weighted by atomic mass is 9.67. The maximum absolute atomic E-state index is 11.9. The Morgan fingerprint density at radius 3 is 2.48 bits per heavy atom. The molecule has 0 radical (unpaired) electrons. The van der Waals surface area contributed by atoms with Gasteiger partial charge in [-0.15, -0.1) is 0 Å². The van der Waals surface area contributed by atoms with Gasteiger partial charge in [-0.1, -0.05) is 44.0 Å². The van der Waals surface area contributed by atoms with Crippen molar-refractivity contribution in [2.75, 3.05) is 13.2 Å². The molecule has 1 fully saturated rings. The van der Waals surface area contributed by atoms with Gasteiger partial charge in [0.15, 0.2) is 0 Å². The molecule has 0 saturated heterocycles. The summed E-state index contributed by atoms with van der Waals surface area (Å²) in [4.78, 5) is 23.7. The second kappa shape index (κ2) is 9.71. The number of unbranched alkanes of at least 4 members (excludes halogenated alkanes) is 2. The topological polar surface area (TPSA) is 69.4 Å². The van der Waals surface area contributed by atoms with Gasteiger partial charge in [-0.25, -0.2) is 0 Å². The van der Waals surface area contributed by atoms with Gasteiger partial charge in [0.2, 0.25) is 0 Å². The van der Waals surface area contributed by atoms with E-state index in [0.717, 1.165) is 62.4 Å². The van der Waals surface area contributed by atoms with Crippen LogP contribution in [-0.4, -0.2) is 25.4 Å². The molecule has 1 aromatic carbocycles. The molecule has 0 atom stereocenters. The van der Waals surface area contributed by atoms with Gasteiger partial charge in [0.1, 0.15) is 6.29 Å². The maximum Gasteiger partial charge on any atom is 0.310 e. The Kier molecular flexibility index (Phi) is 7.63. The first-order valence-electron chi connectivity index (χ1n) is 9.55. The van der Waals surface area contributed by atoms with Crippen LogP contribution < -0.4 is 5.73 Å². The molecule has 0 spiro atoms. The average molecular weight is 345 g/mol. The van der Waals surface area contributed by atoms with E-state index in [0.29, 0.717) is 19.1 Å². The summed E-state index contributed by atoms with van der Waals surface area (Å²) in [6, 6.07) is 7.89. The molecule has 0 aliphatic heterocycles. The number of esters is 1. The summed E-state index contributed by atoms with van der Waals surface area (Å²) >= 11 is 0. The minimum atomic E-state index is -0.384. The maximum atomic E-state index is 11.9. The van der Waals surface area contributed by atoms with Crippen molar-refractivity contribution in [2.45, 2.75) is 63.7 Å². The lowest BCUT2D eigenvalue weighted by Crippen LogP contribution is -2.35. The zero-order valence-electron chi connectivity index (χ0n) is 15.3. The highest BCUT2D eigenvalue weighted by Crippen LogP contribution is 2.39. The Bertz CT molecular complexity index is 545. The Hall–Kier alpha value is -1.68. The van der Waals surface area contributed by atoms with Crippen LogP contribution >= 0.6 is 0 Å². The minimum Gasteiger partial charge on any atom is -0.465 e. The fourth-order valence-electron chi connectivity index (χ4n) is 3.61. The van der Waals surface area contributed by atoms with E-state index in [2.05, 4.69) is 6.92 Å². The van der Waals surface area contributed by atoms with Crippen molar-refractivity contribution < 1.29 is 14.3 Å². The Morgan fingerprint density at radius 1 is 1.24 bits per heavy atom. The summed E-state index contributed by atoms with van der Waals surface area (Å²) < 4.78 is 5.25. The van der Waals surface area contributed by atoms with Crippen molar-refractivity contribution in [2.24, 2.45) is 11.7 Å². The van der Waals surface area contributed by atoms with E-state index in [9.17, 15) is 9.59 Å². The predicted octanol–water partition coefficient (Wildman–Crippen LogP) is 3.55. The normalized spacial score (nSPS) is 23.2. The molecule has 2 rings (SSSR count). The third kappa shape index (κ3) is 5.40. The van der Waals surface area contributed by atoms with Crippen molar-refractivity contribution >= 4 is 12.3 Å². The van der Waals surface area contributed by atoms with Crippen LogP contribution in [0.15, 0.2) is 24.3 Å². The van der Waals surface area contributed by atoms with Crippen LogP contribution in [0.5, 0.6) is 0 Å². The highest BCUT2D eigenvalue weighted by atomic mass is 16.5. The van der Waals surface area contributed by atoms with E-state index in [1.165, 1.54) is 0 Å². The molecule has 138 valence electrons. The number of ether oxygens (including phenoxy) is 1. The molecule has 1 saturated carbocycles. The predicted molar refractivity (Wildman–Crippen MR) is 99.4 cm³/mol. The van der Waals surface area contributed by atoms with Crippen LogP contribution in [0.4, 0.5) is 0 Å². The summed E-state index contributed by atoms with van der Waals surface area (Å²) in [6.45, 7) is 3.33. The molecule has 1 aliphatic rings. The third-order valence-electron chi connectivity index (χ3n) is 5.44.